The van der Waals surface area contributed by atoms with Gasteiger partial charge in [-0.1, -0.05) is 80.2 Å². The lowest BCUT2D eigenvalue weighted by molar-refractivity contribution is -0.164. The molecule has 0 radical (unpaired) electrons. The van der Waals surface area contributed by atoms with Gasteiger partial charge in [-0.05, 0) is 84.5 Å². The van der Waals surface area contributed by atoms with E-state index in [1.165, 1.54) is 50.5 Å². The Hall–Kier alpha value is -0.630. The molecule has 1 N–H and O–H groups in total. The fourth-order valence-electron chi connectivity index (χ4n) is 9.50. The summed E-state index contributed by atoms with van der Waals surface area (Å²) >= 11 is 0. The van der Waals surface area contributed by atoms with Crippen LogP contribution >= 0.6 is 0 Å². The third-order valence-electron chi connectivity index (χ3n) is 11.8. The minimum Gasteiger partial charge on any atom is -0.392 e. The van der Waals surface area contributed by atoms with E-state index in [1.807, 2.05) is 6.08 Å². The maximum Gasteiger partial charge on any atom is 0.159 e. The zero-order chi connectivity index (χ0) is 23.7. The zero-order valence-electron chi connectivity index (χ0n) is 22.3. The van der Waals surface area contributed by atoms with Gasteiger partial charge in [-0.2, -0.15) is 0 Å². The average molecular weight is 443 g/mol. The molecule has 0 saturated heterocycles. The van der Waals surface area contributed by atoms with Crippen LogP contribution in [0, 0.1) is 51.2 Å². The van der Waals surface area contributed by atoms with Crippen molar-refractivity contribution >= 4 is 5.78 Å². The van der Waals surface area contributed by atoms with E-state index in [9.17, 15) is 9.90 Å². The molecule has 4 rings (SSSR count). The van der Waals surface area contributed by atoms with E-state index in [-0.39, 0.29) is 33.7 Å². The fourth-order valence-corrected chi connectivity index (χ4v) is 9.50. The van der Waals surface area contributed by atoms with Crippen molar-refractivity contribution in [1.29, 1.82) is 0 Å². The van der Waals surface area contributed by atoms with Crippen LogP contribution in [0.15, 0.2) is 11.6 Å². The Morgan fingerprint density at radius 2 is 1.62 bits per heavy atom. The summed E-state index contributed by atoms with van der Waals surface area (Å²) in [5.41, 5.74) is 1.37. The maximum atomic E-state index is 13.9. The number of hydrogen-bond acceptors (Lipinski definition) is 2. The van der Waals surface area contributed by atoms with Gasteiger partial charge in [0.2, 0.25) is 0 Å². The summed E-state index contributed by atoms with van der Waals surface area (Å²) < 4.78 is 0. The lowest BCUT2D eigenvalue weighted by Gasteiger charge is -2.65. The number of ketones is 1. The normalized spacial score (nSPS) is 46.3. The summed E-state index contributed by atoms with van der Waals surface area (Å²) in [6.45, 7) is 19.0. The van der Waals surface area contributed by atoms with Gasteiger partial charge in [-0.3, -0.25) is 4.79 Å². The second-order valence-corrected chi connectivity index (χ2v) is 14.1. The molecule has 2 heteroatoms. The number of aliphatic hydroxyl groups is 1. The van der Waals surface area contributed by atoms with Gasteiger partial charge in [0.25, 0.3) is 0 Å². The molecule has 0 unspecified atom stereocenters. The van der Waals surface area contributed by atoms with Crippen LogP contribution in [0.1, 0.15) is 113 Å². The van der Waals surface area contributed by atoms with Gasteiger partial charge in [0.15, 0.2) is 5.78 Å². The third-order valence-corrected chi connectivity index (χ3v) is 11.8. The molecule has 4 aliphatic carbocycles. The van der Waals surface area contributed by atoms with Crippen molar-refractivity contribution in [2.24, 2.45) is 51.2 Å². The second kappa shape index (κ2) is 7.96. The standard InChI is InChI=1S/C30H50O2/c1-19(2)10-9-11-20(3)21-14-15-30(8)26-24(31)18-23-22(12-13-25(32)27(23,4)5)28(26,6)16-17-29(21,30)7/h18-22,25-26,32H,9-17H2,1-8H3/t20-,21-,22-,25+,26-,28+,29-,30+/m1/s1. The molecule has 0 spiro atoms. The van der Waals surface area contributed by atoms with Crippen LogP contribution < -0.4 is 0 Å². The summed E-state index contributed by atoms with van der Waals surface area (Å²) in [5, 5.41) is 10.7. The molecule has 8 atom stereocenters. The van der Waals surface area contributed by atoms with Crippen LogP contribution in [0.2, 0.25) is 0 Å². The van der Waals surface area contributed by atoms with E-state index in [1.54, 1.807) is 0 Å². The van der Waals surface area contributed by atoms with Gasteiger partial charge >= 0.3 is 0 Å². The van der Waals surface area contributed by atoms with Gasteiger partial charge in [-0.25, -0.2) is 0 Å². The quantitative estimate of drug-likeness (QED) is 0.476. The lowest BCUT2D eigenvalue weighted by Crippen LogP contribution is -2.61. The average Bonchev–Trinajstić information content (AvgIpc) is 2.96. The Labute approximate surface area is 198 Å². The molecule has 4 aliphatic rings. The van der Waals surface area contributed by atoms with Crippen LogP contribution in [0.3, 0.4) is 0 Å². The molecular weight excluding hydrogens is 392 g/mol. The highest BCUT2D eigenvalue weighted by molar-refractivity contribution is 5.95. The molecule has 2 nitrogen and oxygen atoms in total. The van der Waals surface area contributed by atoms with Crippen LogP contribution in [0.5, 0.6) is 0 Å². The van der Waals surface area contributed by atoms with Crippen molar-refractivity contribution in [3.63, 3.8) is 0 Å². The van der Waals surface area contributed by atoms with Crippen molar-refractivity contribution in [1.82, 2.24) is 0 Å². The van der Waals surface area contributed by atoms with E-state index in [0.717, 1.165) is 30.6 Å². The number of allylic oxidation sites excluding steroid dienone is 1. The molecule has 32 heavy (non-hydrogen) atoms. The highest BCUT2D eigenvalue weighted by atomic mass is 16.3. The van der Waals surface area contributed by atoms with E-state index < -0.39 is 0 Å². The largest absolute Gasteiger partial charge is 0.392 e. The number of aliphatic hydroxyl groups excluding tert-OH is 1. The van der Waals surface area contributed by atoms with Gasteiger partial charge in [0, 0.05) is 11.3 Å². The van der Waals surface area contributed by atoms with Crippen molar-refractivity contribution in [2.75, 3.05) is 0 Å². The van der Waals surface area contributed by atoms with Crippen LogP contribution in [-0.2, 0) is 4.79 Å². The van der Waals surface area contributed by atoms with Crippen molar-refractivity contribution < 1.29 is 9.90 Å². The minimum atomic E-state index is -0.329. The smallest absolute Gasteiger partial charge is 0.159 e. The first-order valence-electron chi connectivity index (χ1n) is 13.7. The molecule has 0 aromatic rings. The molecule has 3 fully saturated rings. The zero-order valence-corrected chi connectivity index (χ0v) is 22.3. The highest BCUT2D eigenvalue weighted by Gasteiger charge is 2.69. The minimum absolute atomic E-state index is 0.0443. The fraction of sp³-hybridized carbons (Fsp3) is 0.900. The van der Waals surface area contributed by atoms with Crippen LogP contribution in [0.4, 0.5) is 0 Å². The monoisotopic (exact) mass is 442 g/mol. The van der Waals surface area contributed by atoms with Gasteiger partial charge in [0.1, 0.15) is 0 Å². The van der Waals surface area contributed by atoms with Crippen LogP contribution in [0.25, 0.3) is 0 Å². The number of rotatable bonds is 5. The molecule has 0 heterocycles. The van der Waals surface area contributed by atoms with Crippen molar-refractivity contribution in [3.05, 3.63) is 11.6 Å². The molecule has 3 saturated carbocycles. The number of carbonyl (C=O) groups is 1. The molecule has 0 aliphatic heterocycles. The first-order chi connectivity index (χ1) is 14.8. The van der Waals surface area contributed by atoms with E-state index in [4.69, 9.17) is 0 Å². The summed E-state index contributed by atoms with van der Waals surface area (Å²) in [5.74, 6) is 3.25. The van der Waals surface area contributed by atoms with E-state index >= 15 is 0 Å². The molecule has 182 valence electrons. The van der Waals surface area contributed by atoms with Gasteiger partial charge < -0.3 is 5.11 Å². The highest BCUT2D eigenvalue weighted by Crippen LogP contribution is 2.74. The first-order valence-corrected chi connectivity index (χ1v) is 13.7. The molecule has 0 aromatic carbocycles. The summed E-state index contributed by atoms with van der Waals surface area (Å²) in [6, 6.07) is 0. The molecule has 0 aromatic heterocycles. The first kappa shape index (κ1) is 24.5. The SMILES string of the molecule is CC(C)CCC[C@@H](C)[C@H]1CC[C@@]2(C)[C@@H]3C(=O)C=C4[C@@H](CC[C@H](O)C4(C)C)[C@]3(C)CC[C@]12C. The number of fused-ring (bicyclic) bond motifs is 5. The van der Waals surface area contributed by atoms with Crippen molar-refractivity contribution in [2.45, 2.75) is 119 Å². The Morgan fingerprint density at radius 3 is 2.28 bits per heavy atom. The maximum absolute atomic E-state index is 13.9. The second-order valence-electron chi connectivity index (χ2n) is 14.1. The summed E-state index contributed by atoms with van der Waals surface area (Å²) in [6.07, 6.45) is 12.5. The Balaban J connectivity index is 1.66. The van der Waals surface area contributed by atoms with E-state index in [0.29, 0.717) is 11.7 Å². The third kappa shape index (κ3) is 3.32. The lowest BCUT2D eigenvalue weighted by atomic mass is 9.39. The molecule has 0 bridgehead atoms. The van der Waals surface area contributed by atoms with E-state index in [2.05, 4.69) is 55.4 Å². The molecule has 0 amide bonds. The Bertz CT molecular complexity index is 778. The predicted octanol–water partition coefficient (Wildman–Crippen LogP) is 7.59. The summed E-state index contributed by atoms with van der Waals surface area (Å²) in [7, 11) is 0. The van der Waals surface area contributed by atoms with Crippen LogP contribution in [-0.4, -0.2) is 17.0 Å². The van der Waals surface area contributed by atoms with Gasteiger partial charge in [-0.15, -0.1) is 0 Å². The number of carbonyl (C=O) groups excluding carboxylic acids is 1. The van der Waals surface area contributed by atoms with Gasteiger partial charge in [0.05, 0.1) is 6.10 Å². The summed E-state index contributed by atoms with van der Waals surface area (Å²) in [4.78, 5) is 13.9. The molecular formula is C30H50O2. The topological polar surface area (TPSA) is 37.3 Å². The van der Waals surface area contributed by atoms with Crippen molar-refractivity contribution in [3.8, 4) is 0 Å². The Morgan fingerprint density at radius 1 is 0.938 bits per heavy atom. The predicted molar refractivity (Wildman–Crippen MR) is 133 cm³/mol. The number of hydrogen-bond donors (Lipinski definition) is 1. The Kier molecular flexibility index (Phi) is 6.09.